The zero-order chi connectivity index (χ0) is 18.7. The second-order valence-electron chi connectivity index (χ2n) is 8.78. The van der Waals surface area contributed by atoms with Gasteiger partial charge in [-0.15, -0.1) is 0 Å². The van der Waals surface area contributed by atoms with Crippen LogP contribution in [0, 0.1) is 11.7 Å². The van der Waals surface area contributed by atoms with Crippen LogP contribution in [0.25, 0.3) is 11.3 Å². The number of halogens is 1. The monoisotopic (exact) mass is 369 g/mol. The molecule has 1 aromatic heterocycles. The van der Waals surface area contributed by atoms with E-state index in [1.807, 2.05) is 18.3 Å². The van der Waals surface area contributed by atoms with Crippen LogP contribution in [0.5, 0.6) is 0 Å². The highest BCUT2D eigenvalue weighted by Crippen LogP contribution is 2.43. The summed E-state index contributed by atoms with van der Waals surface area (Å²) in [4.78, 5) is 8.32. The van der Waals surface area contributed by atoms with E-state index in [1.165, 1.54) is 63.5 Å². The van der Waals surface area contributed by atoms with Gasteiger partial charge in [-0.3, -0.25) is 0 Å². The Morgan fingerprint density at radius 1 is 1.04 bits per heavy atom. The third-order valence-corrected chi connectivity index (χ3v) is 6.85. The normalized spacial score (nSPS) is 21.9. The molecule has 27 heavy (non-hydrogen) atoms. The minimum Gasteiger partial charge on any atom is -0.342 e. The van der Waals surface area contributed by atoms with Crippen molar-refractivity contribution in [2.75, 3.05) is 0 Å². The number of benzene rings is 1. The molecule has 4 heteroatoms. The number of nitrogens with one attached hydrogen (secondary N) is 1. The molecule has 2 aliphatic carbocycles. The van der Waals surface area contributed by atoms with Gasteiger partial charge in [0, 0.05) is 11.5 Å². The van der Waals surface area contributed by atoms with Crippen LogP contribution in [-0.4, -0.2) is 15.5 Å². The van der Waals surface area contributed by atoms with Gasteiger partial charge in [0.05, 0.1) is 11.9 Å². The molecular formula is C23H32FN3. The Kier molecular flexibility index (Phi) is 5.63. The molecule has 2 aromatic rings. The van der Waals surface area contributed by atoms with Gasteiger partial charge >= 0.3 is 0 Å². The van der Waals surface area contributed by atoms with E-state index in [0.29, 0.717) is 0 Å². The lowest BCUT2D eigenvalue weighted by Crippen LogP contribution is -2.48. The van der Waals surface area contributed by atoms with Crippen molar-refractivity contribution in [1.29, 1.82) is 0 Å². The summed E-state index contributed by atoms with van der Waals surface area (Å²) < 4.78 is 13.2. The summed E-state index contributed by atoms with van der Waals surface area (Å²) in [5, 5.41) is 0. The van der Waals surface area contributed by atoms with E-state index >= 15 is 0 Å². The van der Waals surface area contributed by atoms with E-state index in [9.17, 15) is 4.39 Å². The summed E-state index contributed by atoms with van der Waals surface area (Å²) in [6.07, 6.45) is 15.7. The molecule has 2 aliphatic rings. The maximum absolute atomic E-state index is 13.2. The Labute approximate surface area is 162 Å². The van der Waals surface area contributed by atoms with Crippen molar-refractivity contribution in [3.63, 3.8) is 0 Å². The molecule has 0 aliphatic heterocycles. The molecule has 0 saturated heterocycles. The van der Waals surface area contributed by atoms with Gasteiger partial charge in [-0.1, -0.05) is 51.4 Å². The predicted molar refractivity (Wildman–Crippen MR) is 108 cm³/mol. The molecule has 1 heterocycles. The molecule has 0 spiro atoms. The lowest BCUT2D eigenvalue weighted by Gasteiger charge is -2.41. The standard InChI is InChI=1S/C23H32FN3/c24-19-11-9-18(10-12-19)21-16-26-22(27-21)20(15-17-7-3-1-4-8-17)23(25)13-5-2-6-14-23/h9-12,16-17,20H,1-8,13-15,25H2,(H,26,27)/t20-/m0/s1. The number of imidazole rings is 1. The first-order chi connectivity index (χ1) is 13.1. The van der Waals surface area contributed by atoms with E-state index in [4.69, 9.17) is 10.7 Å². The molecule has 0 amide bonds. The summed E-state index contributed by atoms with van der Waals surface area (Å²) >= 11 is 0. The molecule has 146 valence electrons. The van der Waals surface area contributed by atoms with Gasteiger partial charge in [0.2, 0.25) is 0 Å². The van der Waals surface area contributed by atoms with Gasteiger partial charge in [-0.2, -0.15) is 0 Å². The van der Waals surface area contributed by atoms with Crippen LogP contribution in [0.4, 0.5) is 4.39 Å². The van der Waals surface area contributed by atoms with Crippen molar-refractivity contribution in [1.82, 2.24) is 9.97 Å². The smallest absolute Gasteiger partial charge is 0.123 e. The zero-order valence-corrected chi connectivity index (χ0v) is 16.2. The topological polar surface area (TPSA) is 54.7 Å². The summed E-state index contributed by atoms with van der Waals surface area (Å²) in [6, 6.07) is 6.62. The number of rotatable bonds is 5. The Hall–Kier alpha value is -1.68. The Balaban J connectivity index is 1.60. The Morgan fingerprint density at radius 3 is 2.41 bits per heavy atom. The molecule has 2 fully saturated rings. The van der Waals surface area contributed by atoms with Crippen molar-refractivity contribution < 1.29 is 4.39 Å². The van der Waals surface area contributed by atoms with E-state index in [-0.39, 0.29) is 17.3 Å². The van der Waals surface area contributed by atoms with E-state index in [1.54, 1.807) is 0 Å². The lowest BCUT2D eigenvalue weighted by atomic mass is 9.68. The third kappa shape index (κ3) is 4.26. The molecule has 2 saturated carbocycles. The number of aromatic amines is 1. The molecule has 0 radical (unpaired) electrons. The van der Waals surface area contributed by atoms with Gasteiger partial charge in [0.25, 0.3) is 0 Å². The van der Waals surface area contributed by atoms with Gasteiger partial charge in [-0.05, 0) is 55.0 Å². The first kappa shape index (κ1) is 18.7. The van der Waals surface area contributed by atoms with Crippen molar-refractivity contribution in [3.05, 3.63) is 42.1 Å². The predicted octanol–water partition coefficient (Wildman–Crippen LogP) is 5.93. The van der Waals surface area contributed by atoms with Crippen LogP contribution in [-0.2, 0) is 0 Å². The van der Waals surface area contributed by atoms with Crippen molar-refractivity contribution in [2.45, 2.75) is 82.1 Å². The molecule has 4 rings (SSSR count). The molecule has 1 atom stereocenters. The second-order valence-corrected chi connectivity index (χ2v) is 8.78. The Morgan fingerprint density at radius 2 is 1.70 bits per heavy atom. The van der Waals surface area contributed by atoms with E-state index in [2.05, 4.69) is 4.98 Å². The molecule has 3 nitrogen and oxygen atoms in total. The van der Waals surface area contributed by atoms with Gasteiger partial charge < -0.3 is 10.7 Å². The fraction of sp³-hybridized carbons (Fsp3) is 0.609. The highest BCUT2D eigenvalue weighted by atomic mass is 19.1. The molecule has 3 N–H and O–H groups in total. The first-order valence-electron chi connectivity index (χ1n) is 10.7. The minimum atomic E-state index is -0.211. The van der Waals surface area contributed by atoms with Crippen molar-refractivity contribution in [3.8, 4) is 11.3 Å². The zero-order valence-electron chi connectivity index (χ0n) is 16.2. The van der Waals surface area contributed by atoms with Gasteiger partial charge in [0.15, 0.2) is 0 Å². The maximum atomic E-state index is 13.2. The summed E-state index contributed by atoms with van der Waals surface area (Å²) in [5.41, 5.74) is 8.80. The molecule has 0 unspecified atom stereocenters. The highest BCUT2D eigenvalue weighted by molar-refractivity contribution is 5.58. The number of H-pyrrole nitrogens is 1. The van der Waals surface area contributed by atoms with Crippen LogP contribution < -0.4 is 5.73 Å². The third-order valence-electron chi connectivity index (χ3n) is 6.85. The number of nitrogens with two attached hydrogens (primary N) is 1. The number of hydrogen-bond donors (Lipinski definition) is 2. The Bertz CT molecular complexity index is 724. The summed E-state index contributed by atoms with van der Waals surface area (Å²) in [5.74, 6) is 1.88. The largest absolute Gasteiger partial charge is 0.342 e. The SMILES string of the molecule is NC1([C@@H](CC2CCCCC2)c2ncc(-c3ccc(F)cc3)[nH]2)CCCCC1. The fourth-order valence-corrected chi connectivity index (χ4v) is 5.22. The average Bonchev–Trinajstić information content (AvgIpc) is 3.17. The molecular weight excluding hydrogens is 337 g/mol. The molecule has 0 bridgehead atoms. The van der Waals surface area contributed by atoms with Crippen LogP contribution in [0.15, 0.2) is 30.5 Å². The highest BCUT2D eigenvalue weighted by Gasteiger charge is 2.40. The average molecular weight is 370 g/mol. The van der Waals surface area contributed by atoms with Crippen LogP contribution in [0.2, 0.25) is 0 Å². The van der Waals surface area contributed by atoms with Crippen LogP contribution in [0.3, 0.4) is 0 Å². The second kappa shape index (κ2) is 8.14. The summed E-state index contributed by atoms with van der Waals surface area (Å²) in [7, 11) is 0. The quantitative estimate of drug-likeness (QED) is 0.686. The van der Waals surface area contributed by atoms with Crippen molar-refractivity contribution in [2.24, 2.45) is 11.7 Å². The van der Waals surface area contributed by atoms with Gasteiger partial charge in [0.1, 0.15) is 11.6 Å². The number of aromatic nitrogens is 2. The summed E-state index contributed by atoms with van der Waals surface area (Å²) in [6.45, 7) is 0. The van der Waals surface area contributed by atoms with E-state index in [0.717, 1.165) is 42.3 Å². The number of nitrogens with zero attached hydrogens (tertiary/aromatic N) is 1. The lowest BCUT2D eigenvalue weighted by molar-refractivity contribution is 0.197. The van der Waals surface area contributed by atoms with E-state index < -0.39 is 0 Å². The van der Waals surface area contributed by atoms with Crippen LogP contribution in [0.1, 0.15) is 82.4 Å². The fourth-order valence-electron chi connectivity index (χ4n) is 5.22. The first-order valence-corrected chi connectivity index (χ1v) is 10.7. The van der Waals surface area contributed by atoms with Crippen molar-refractivity contribution >= 4 is 0 Å². The van der Waals surface area contributed by atoms with Gasteiger partial charge in [-0.25, -0.2) is 9.37 Å². The maximum Gasteiger partial charge on any atom is 0.123 e. The molecule has 1 aromatic carbocycles. The number of hydrogen-bond acceptors (Lipinski definition) is 2. The minimum absolute atomic E-state index is 0.145. The van der Waals surface area contributed by atoms with Crippen LogP contribution >= 0.6 is 0 Å².